The summed E-state index contributed by atoms with van der Waals surface area (Å²) in [6, 6.07) is 20.9. The van der Waals surface area contributed by atoms with Crippen LogP contribution in [0, 0.1) is 0 Å². The highest BCUT2D eigenvalue weighted by Gasteiger charge is 2.21. The first-order valence-corrected chi connectivity index (χ1v) is 16.5. The molecule has 0 unspecified atom stereocenters. The van der Waals surface area contributed by atoms with Gasteiger partial charge in [0.2, 0.25) is 0 Å². The number of esters is 1. The van der Waals surface area contributed by atoms with E-state index >= 15 is 0 Å². The average molecular weight is 561 g/mol. The van der Waals surface area contributed by atoms with Gasteiger partial charge in [-0.25, -0.2) is 4.79 Å². The molecule has 0 aliphatic rings. The first-order valence-electron chi connectivity index (χ1n) is 16.5. The lowest BCUT2D eigenvalue weighted by Gasteiger charge is -2.21. The van der Waals surface area contributed by atoms with E-state index in [1.807, 2.05) is 0 Å². The van der Waals surface area contributed by atoms with Crippen molar-refractivity contribution < 1.29 is 9.53 Å². The second kappa shape index (κ2) is 13.7. The molecule has 0 bridgehead atoms. The van der Waals surface area contributed by atoms with E-state index in [1.165, 1.54) is 79.7 Å². The van der Waals surface area contributed by atoms with Gasteiger partial charge in [0, 0.05) is 0 Å². The number of rotatable bonds is 13. The van der Waals surface area contributed by atoms with Crippen LogP contribution in [0.2, 0.25) is 0 Å². The predicted octanol–water partition coefficient (Wildman–Crippen LogP) is 11.5. The van der Waals surface area contributed by atoms with Crippen LogP contribution in [0.15, 0.2) is 54.6 Å². The van der Waals surface area contributed by atoms with Crippen LogP contribution < -0.4 is 0 Å². The summed E-state index contributed by atoms with van der Waals surface area (Å²) in [7, 11) is 1.52. The quantitative estimate of drug-likeness (QED) is 0.106. The summed E-state index contributed by atoms with van der Waals surface area (Å²) in [5.74, 6) is -0.208. The largest absolute Gasteiger partial charge is 0.465 e. The summed E-state index contributed by atoms with van der Waals surface area (Å²) in [6.07, 6.45) is 13.1. The van der Waals surface area contributed by atoms with Crippen molar-refractivity contribution in [3.05, 3.63) is 82.4 Å². The Kier molecular flexibility index (Phi) is 9.83. The Hall–Kier alpha value is -3.39. The van der Waals surface area contributed by atoms with E-state index in [0.29, 0.717) is 0 Å². The molecule has 5 aromatic carbocycles. The van der Waals surface area contributed by atoms with Gasteiger partial charge >= 0.3 is 5.97 Å². The number of methoxy groups -OCH3 is 1. The van der Waals surface area contributed by atoms with Crippen LogP contribution in [0.4, 0.5) is 0 Å². The summed E-state index contributed by atoms with van der Waals surface area (Å²) < 4.78 is 5.35. The van der Waals surface area contributed by atoms with Gasteiger partial charge in [0.05, 0.1) is 12.7 Å². The zero-order chi connectivity index (χ0) is 29.6. The molecule has 0 heterocycles. The normalized spacial score (nSPS) is 11.7. The van der Waals surface area contributed by atoms with Gasteiger partial charge in [-0.15, -0.1) is 0 Å². The molecule has 42 heavy (non-hydrogen) atoms. The summed E-state index contributed by atoms with van der Waals surface area (Å²) in [5, 5.41) is 10.8. The number of carbonyl (C=O) groups is 1. The minimum Gasteiger partial charge on any atom is -0.465 e. The zero-order valence-electron chi connectivity index (χ0n) is 26.5. The number of hydrogen-bond donors (Lipinski definition) is 0. The van der Waals surface area contributed by atoms with Crippen LogP contribution in [0.3, 0.4) is 0 Å². The van der Waals surface area contributed by atoms with Gasteiger partial charge in [0.1, 0.15) is 0 Å². The Morgan fingerprint density at radius 2 is 0.976 bits per heavy atom. The minimum atomic E-state index is -0.208. The molecule has 220 valence electrons. The Morgan fingerprint density at radius 3 is 1.48 bits per heavy atom. The summed E-state index contributed by atoms with van der Waals surface area (Å²) in [5.41, 5.74) is 6.16. The Morgan fingerprint density at radius 1 is 0.548 bits per heavy atom. The van der Waals surface area contributed by atoms with Crippen molar-refractivity contribution in [2.75, 3.05) is 7.11 Å². The molecule has 0 radical (unpaired) electrons. The van der Waals surface area contributed by atoms with Crippen molar-refractivity contribution in [1.82, 2.24) is 0 Å². The number of carbonyl (C=O) groups excluding carboxylic acids is 1. The molecule has 5 rings (SSSR count). The first kappa shape index (κ1) is 30.1. The van der Waals surface area contributed by atoms with Gasteiger partial charge in [-0.05, 0) is 147 Å². The number of unbranched alkanes of at least 4 members (excludes halogenated alkanes) is 4. The van der Waals surface area contributed by atoms with E-state index in [9.17, 15) is 4.79 Å². The lowest BCUT2D eigenvalue weighted by Crippen LogP contribution is -2.09. The van der Waals surface area contributed by atoms with E-state index in [-0.39, 0.29) is 5.97 Å². The molecule has 0 saturated heterocycles. The molecule has 0 atom stereocenters. The summed E-state index contributed by atoms with van der Waals surface area (Å²) >= 11 is 0. The molecule has 0 aliphatic heterocycles. The third-order valence-electron chi connectivity index (χ3n) is 9.20. The molecule has 2 nitrogen and oxygen atoms in total. The van der Waals surface area contributed by atoms with Crippen molar-refractivity contribution in [3.8, 4) is 0 Å². The van der Waals surface area contributed by atoms with Crippen molar-refractivity contribution in [2.24, 2.45) is 0 Å². The van der Waals surface area contributed by atoms with Crippen molar-refractivity contribution >= 4 is 49.1 Å². The highest BCUT2D eigenvalue weighted by Crippen LogP contribution is 2.41. The lowest BCUT2D eigenvalue weighted by atomic mass is 9.83. The summed E-state index contributed by atoms with van der Waals surface area (Å²) in [4.78, 5) is 13.2. The van der Waals surface area contributed by atoms with Crippen LogP contribution in [0.1, 0.15) is 112 Å². The molecule has 0 saturated carbocycles. The van der Waals surface area contributed by atoms with Crippen molar-refractivity contribution in [3.63, 3.8) is 0 Å². The van der Waals surface area contributed by atoms with Crippen LogP contribution in [0.25, 0.3) is 43.1 Å². The maximum atomic E-state index is 13.2. The summed E-state index contributed by atoms with van der Waals surface area (Å²) in [6.45, 7) is 9.05. The van der Waals surface area contributed by atoms with Crippen molar-refractivity contribution in [1.29, 1.82) is 0 Å². The lowest BCUT2D eigenvalue weighted by molar-refractivity contribution is 0.0599. The van der Waals surface area contributed by atoms with Crippen LogP contribution in [-0.2, 0) is 30.4 Å². The monoisotopic (exact) mass is 560 g/mol. The van der Waals surface area contributed by atoms with Gasteiger partial charge < -0.3 is 4.74 Å². The Balaban J connectivity index is 1.97. The van der Waals surface area contributed by atoms with Crippen LogP contribution >= 0.6 is 0 Å². The molecular formula is C40H48O2. The molecule has 5 aromatic rings. The highest BCUT2D eigenvalue weighted by atomic mass is 16.5. The zero-order valence-corrected chi connectivity index (χ0v) is 26.5. The van der Waals surface area contributed by atoms with E-state index in [0.717, 1.165) is 75.3 Å². The average Bonchev–Trinajstić information content (AvgIpc) is 3.02. The number of fused-ring (bicyclic) bond motifs is 4. The van der Waals surface area contributed by atoms with Crippen LogP contribution in [0.5, 0.6) is 0 Å². The SMILES string of the molecule is CCCCc1cc(C(=O)OC)c(CCCC)c2cc3c(CCCC)c4cc5ccccc5cc4c(CCCC)c3cc12. The van der Waals surface area contributed by atoms with Crippen molar-refractivity contribution in [2.45, 2.75) is 105 Å². The molecule has 0 spiro atoms. The van der Waals surface area contributed by atoms with Gasteiger partial charge in [0.25, 0.3) is 0 Å². The first-order chi connectivity index (χ1) is 20.6. The molecule has 0 aliphatic carbocycles. The smallest absolute Gasteiger partial charge is 0.338 e. The van der Waals surface area contributed by atoms with Gasteiger partial charge in [0.15, 0.2) is 0 Å². The fourth-order valence-electron chi connectivity index (χ4n) is 6.86. The fourth-order valence-corrected chi connectivity index (χ4v) is 6.86. The molecule has 0 N–H and O–H groups in total. The Bertz CT molecular complexity index is 1730. The topological polar surface area (TPSA) is 26.3 Å². The second-order valence-electron chi connectivity index (χ2n) is 12.1. The maximum absolute atomic E-state index is 13.2. The number of benzene rings is 5. The second-order valence-corrected chi connectivity index (χ2v) is 12.1. The fraction of sp³-hybridized carbons (Fsp3) is 0.425. The standard InChI is InChI=1S/C40H48O2/c1-6-10-16-29-24-39(40(41)42-5)32(21-13-9-4)36-26-38-31(20-12-8-3)35-23-28-18-15-14-17-27(28)22-34(35)30(19-11-7-2)37(38)25-33(29)36/h14-15,17-18,22-26H,6-13,16,19-21H2,1-5H3. The maximum Gasteiger partial charge on any atom is 0.338 e. The molecule has 0 aromatic heterocycles. The Labute approximate surface area is 252 Å². The molecular weight excluding hydrogens is 512 g/mol. The van der Waals surface area contributed by atoms with Gasteiger partial charge in [-0.3, -0.25) is 0 Å². The van der Waals surface area contributed by atoms with Gasteiger partial charge in [-0.2, -0.15) is 0 Å². The third-order valence-corrected chi connectivity index (χ3v) is 9.20. The minimum absolute atomic E-state index is 0.208. The molecule has 2 heteroatoms. The molecule has 0 fully saturated rings. The number of hydrogen-bond acceptors (Lipinski definition) is 2. The highest BCUT2D eigenvalue weighted by molar-refractivity contribution is 6.15. The van der Waals surface area contributed by atoms with Gasteiger partial charge in [-0.1, -0.05) is 77.6 Å². The number of ether oxygens (including phenoxy) is 1. The van der Waals surface area contributed by atoms with E-state index in [4.69, 9.17) is 4.74 Å². The van der Waals surface area contributed by atoms with E-state index in [1.54, 1.807) is 0 Å². The third kappa shape index (κ3) is 5.78. The number of aryl methyl sites for hydroxylation is 4. The molecule has 0 amide bonds. The predicted molar refractivity (Wildman–Crippen MR) is 182 cm³/mol. The van der Waals surface area contributed by atoms with E-state index in [2.05, 4.69) is 82.3 Å². The van der Waals surface area contributed by atoms with E-state index < -0.39 is 0 Å². The van der Waals surface area contributed by atoms with Crippen LogP contribution in [-0.4, -0.2) is 13.1 Å².